The van der Waals surface area contributed by atoms with Crippen LogP contribution in [0.3, 0.4) is 0 Å². The maximum absolute atomic E-state index is 11.7. The van der Waals surface area contributed by atoms with E-state index in [-0.39, 0.29) is 11.9 Å². The fourth-order valence-corrected chi connectivity index (χ4v) is 1.83. The number of imidazole rings is 1. The van der Waals surface area contributed by atoms with Gasteiger partial charge in [0.25, 0.3) is 0 Å². The molecule has 18 heavy (non-hydrogen) atoms. The average Bonchev–Trinajstić information content (AvgIpc) is 2.74. The van der Waals surface area contributed by atoms with Crippen molar-refractivity contribution in [1.82, 2.24) is 19.8 Å². The Balaban J connectivity index is 2.54. The van der Waals surface area contributed by atoms with Crippen molar-refractivity contribution in [2.45, 2.75) is 46.8 Å². The number of aryl methyl sites for hydroxylation is 1. The minimum absolute atomic E-state index is 0.0708. The van der Waals surface area contributed by atoms with Gasteiger partial charge in [0.15, 0.2) is 0 Å². The van der Waals surface area contributed by atoms with E-state index in [2.05, 4.69) is 33.6 Å². The van der Waals surface area contributed by atoms with Crippen LogP contribution in [0.4, 0.5) is 0 Å². The quantitative estimate of drug-likeness (QED) is 0.794. The van der Waals surface area contributed by atoms with Crippen LogP contribution in [0, 0.1) is 0 Å². The molecule has 0 unspecified atom stereocenters. The van der Waals surface area contributed by atoms with Crippen LogP contribution in [0.1, 0.15) is 33.5 Å². The first-order valence-electron chi connectivity index (χ1n) is 6.58. The lowest BCUT2D eigenvalue weighted by atomic mass is 10.3. The van der Waals surface area contributed by atoms with E-state index >= 15 is 0 Å². The van der Waals surface area contributed by atoms with Crippen molar-refractivity contribution >= 4 is 5.91 Å². The van der Waals surface area contributed by atoms with Gasteiger partial charge in [-0.1, -0.05) is 6.92 Å². The average molecular weight is 252 g/mol. The molecule has 0 saturated carbocycles. The lowest BCUT2D eigenvalue weighted by Gasteiger charge is -2.20. The molecule has 102 valence electrons. The topological polar surface area (TPSA) is 50.2 Å². The van der Waals surface area contributed by atoms with Crippen LogP contribution in [-0.4, -0.2) is 39.5 Å². The van der Waals surface area contributed by atoms with E-state index in [1.54, 1.807) is 6.20 Å². The molecule has 0 aliphatic rings. The van der Waals surface area contributed by atoms with Crippen LogP contribution in [0.2, 0.25) is 0 Å². The molecule has 5 nitrogen and oxygen atoms in total. The zero-order chi connectivity index (χ0) is 13.5. The molecule has 0 radical (unpaired) electrons. The number of carbonyl (C=O) groups is 1. The monoisotopic (exact) mass is 252 g/mol. The van der Waals surface area contributed by atoms with Gasteiger partial charge in [0.1, 0.15) is 5.82 Å². The van der Waals surface area contributed by atoms with Crippen molar-refractivity contribution in [3.05, 3.63) is 18.2 Å². The second-order valence-corrected chi connectivity index (χ2v) is 4.65. The Bertz CT molecular complexity index is 373. The molecule has 0 aromatic carbocycles. The van der Waals surface area contributed by atoms with Crippen molar-refractivity contribution in [3.63, 3.8) is 0 Å². The van der Waals surface area contributed by atoms with E-state index in [0.29, 0.717) is 13.1 Å². The van der Waals surface area contributed by atoms with Gasteiger partial charge in [-0.05, 0) is 27.3 Å². The number of carbonyl (C=O) groups excluding carboxylic acids is 1. The first-order valence-corrected chi connectivity index (χ1v) is 6.58. The number of nitrogens with one attached hydrogen (secondary N) is 1. The van der Waals surface area contributed by atoms with Gasteiger partial charge in [0.05, 0.1) is 13.1 Å². The lowest BCUT2D eigenvalue weighted by molar-refractivity contribution is -0.122. The smallest absolute Gasteiger partial charge is 0.234 e. The SMILES string of the molecule is CCN(CC(=O)NC(C)C)Cc1nccn1CC. The summed E-state index contributed by atoms with van der Waals surface area (Å²) in [6.45, 7) is 11.0. The van der Waals surface area contributed by atoms with Gasteiger partial charge in [-0.25, -0.2) is 4.98 Å². The Morgan fingerprint density at radius 3 is 2.78 bits per heavy atom. The lowest BCUT2D eigenvalue weighted by Crippen LogP contribution is -2.40. The summed E-state index contributed by atoms with van der Waals surface area (Å²) in [5.41, 5.74) is 0. The number of likely N-dealkylation sites (N-methyl/N-ethyl adjacent to an activating group) is 1. The summed E-state index contributed by atoms with van der Waals surface area (Å²) in [5, 5.41) is 2.91. The van der Waals surface area contributed by atoms with Gasteiger partial charge >= 0.3 is 0 Å². The highest BCUT2D eigenvalue weighted by atomic mass is 16.2. The number of nitrogens with zero attached hydrogens (tertiary/aromatic N) is 3. The molecule has 0 fully saturated rings. The van der Waals surface area contributed by atoms with E-state index in [4.69, 9.17) is 0 Å². The third-order valence-corrected chi connectivity index (χ3v) is 2.77. The van der Waals surface area contributed by atoms with Crippen molar-refractivity contribution in [2.75, 3.05) is 13.1 Å². The predicted octanol–water partition coefficient (Wildman–Crippen LogP) is 1.25. The predicted molar refractivity (Wildman–Crippen MR) is 72.1 cm³/mol. The summed E-state index contributed by atoms with van der Waals surface area (Å²) in [7, 11) is 0. The van der Waals surface area contributed by atoms with Gasteiger partial charge in [-0.2, -0.15) is 0 Å². The zero-order valence-corrected chi connectivity index (χ0v) is 11.8. The number of hydrogen-bond donors (Lipinski definition) is 1. The minimum atomic E-state index is 0.0708. The van der Waals surface area contributed by atoms with Crippen LogP contribution in [-0.2, 0) is 17.9 Å². The second-order valence-electron chi connectivity index (χ2n) is 4.65. The van der Waals surface area contributed by atoms with E-state index < -0.39 is 0 Å². The van der Waals surface area contributed by atoms with Crippen LogP contribution < -0.4 is 5.32 Å². The molecule has 1 heterocycles. The largest absolute Gasteiger partial charge is 0.353 e. The summed E-state index contributed by atoms with van der Waals surface area (Å²) in [5.74, 6) is 1.08. The Hall–Kier alpha value is -1.36. The minimum Gasteiger partial charge on any atom is -0.353 e. The van der Waals surface area contributed by atoms with E-state index in [1.807, 2.05) is 20.0 Å². The molecule has 1 rings (SSSR count). The Kier molecular flexibility index (Phi) is 5.85. The van der Waals surface area contributed by atoms with Crippen molar-refractivity contribution in [1.29, 1.82) is 0 Å². The summed E-state index contributed by atoms with van der Waals surface area (Å²) in [6, 6.07) is 0.189. The highest BCUT2D eigenvalue weighted by Crippen LogP contribution is 2.03. The van der Waals surface area contributed by atoms with E-state index in [1.165, 1.54) is 0 Å². The summed E-state index contributed by atoms with van der Waals surface area (Å²) < 4.78 is 2.10. The van der Waals surface area contributed by atoms with E-state index in [0.717, 1.165) is 18.9 Å². The Morgan fingerprint density at radius 1 is 1.50 bits per heavy atom. The van der Waals surface area contributed by atoms with Gasteiger partial charge in [0.2, 0.25) is 5.91 Å². The summed E-state index contributed by atoms with van der Waals surface area (Å²) in [6.07, 6.45) is 3.78. The summed E-state index contributed by atoms with van der Waals surface area (Å²) >= 11 is 0. The number of aromatic nitrogens is 2. The number of rotatable bonds is 7. The highest BCUT2D eigenvalue weighted by Gasteiger charge is 2.12. The standard InChI is InChI=1S/C13H24N4O/c1-5-16(10-13(18)15-11(3)4)9-12-14-7-8-17(12)6-2/h7-8,11H,5-6,9-10H2,1-4H3,(H,15,18). The molecule has 0 bridgehead atoms. The van der Waals surface area contributed by atoms with E-state index in [9.17, 15) is 4.79 Å². The third kappa shape index (κ3) is 4.49. The maximum atomic E-state index is 11.7. The normalized spacial score (nSPS) is 11.2. The first kappa shape index (κ1) is 14.7. The molecule has 1 N–H and O–H groups in total. The van der Waals surface area contributed by atoms with Crippen molar-refractivity contribution in [3.8, 4) is 0 Å². The first-order chi connectivity index (χ1) is 8.56. The number of hydrogen-bond acceptors (Lipinski definition) is 3. The molecule has 5 heteroatoms. The van der Waals surface area contributed by atoms with Crippen LogP contribution in [0.5, 0.6) is 0 Å². The highest BCUT2D eigenvalue weighted by molar-refractivity contribution is 5.78. The zero-order valence-electron chi connectivity index (χ0n) is 11.8. The molecule has 0 saturated heterocycles. The molecule has 0 aliphatic heterocycles. The molecule has 0 atom stereocenters. The fourth-order valence-electron chi connectivity index (χ4n) is 1.83. The van der Waals surface area contributed by atoms with Crippen LogP contribution >= 0.6 is 0 Å². The van der Waals surface area contributed by atoms with Crippen molar-refractivity contribution < 1.29 is 4.79 Å². The van der Waals surface area contributed by atoms with Gasteiger partial charge in [-0.15, -0.1) is 0 Å². The molecule has 0 aliphatic carbocycles. The molecule has 0 spiro atoms. The molecule has 1 aromatic rings. The van der Waals surface area contributed by atoms with Crippen molar-refractivity contribution in [2.24, 2.45) is 0 Å². The number of amides is 1. The molecule has 1 amide bonds. The molecular formula is C13H24N4O. The molecule has 1 aromatic heterocycles. The van der Waals surface area contributed by atoms with Gasteiger partial charge in [-0.3, -0.25) is 9.69 Å². The molecular weight excluding hydrogens is 228 g/mol. The Morgan fingerprint density at radius 2 is 2.22 bits per heavy atom. The summed E-state index contributed by atoms with van der Waals surface area (Å²) in [4.78, 5) is 18.1. The second kappa shape index (κ2) is 7.16. The fraction of sp³-hybridized carbons (Fsp3) is 0.692. The third-order valence-electron chi connectivity index (χ3n) is 2.77. The Labute approximate surface area is 109 Å². The van der Waals surface area contributed by atoms with Gasteiger partial charge < -0.3 is 9.88 Å². The van der Waals surface area contributed by atoms with Crippen LogP contribution in [0.15, 0.2) is 12.4 Å². The maximum Gasteiger partial charge on any atom is 0.234 e. The van der Waals surface area contributed by atoms with Crippen LogP contribution in [0.25, 0.3) is 0 Å². The van der Waals surface area contributed by atoms with Gasteiger partial charge in [0, 0.05) is 25.0 Å².